The minimum absolute atomic E-state index is 0.403. The SMILES string of the molecule is CC(C)(C)CN1CCOCC1.CC(C)(C)N1CCC1.CC(C)(C)N1CCCC1.CC(C)(C)N1CCCCC1. The first-order valence-corrected chi connectivity index (χ1v) is 15.9. The summed E-state index contributed by atoms with van der Waals surface area (Å²) in [6.07, 6.45) is 8.44. The van der Waals surface area contributed by atoms with Crippen LogP contribution in [-0.4, -0.2) is 108 Å². The fourth-order valence-corrected chi connectivity index (χ4v) is 5.37. The first-order chi connectivity index (χ1) is 17.4. The Kier molecular flexibility index (Phi) is 15.4. The molecule has 4 saturated heterocycles. The van der Waals surface area contributed by atoms with Gasteiger partial charge < -0.3 is 4.74 Å². The number of morpholine rings is 1. The number of piperidine rings is 1. The lowest BCUT2D eigenvalue weighted by Gasteiger charge is -2.42. The van der Waals surface area contributed by atoms with Crippen LogP contribution in [0.3, 0.4) is 0 Å². The Morgan fingerprint density at radius 2 is 0.737 bits per heavy atom. The predicted molar refractivity (Wildman–Crippen MR) is 168 cm³/mol. The Morgan fingerprint density at radius 3 is 0.974 bits per heavy atom. The lowest BCUT2D eigenvalue weighted by molar-refractivity contribution is 0.0236. The second-order valence-corrected chi connectivity index (χ2v) is 16.0. The van der Waals surface area contributed by atoms with E-state index in [9.17, 15) is 0 Å². The van der Waals surface area contributed by atoms with Crippen LogP contribution in [0.1, 0.15) is 122 Å². The summed E-state index contributed by atoms with van der Waals surface area (Å²) in [6, 6.07) is 0. The lowest BCUT2D eigenvalue weighted by Crippen LogP contribution is -2.49. The molecule has 0 atom stereocenters. The van der Waals surface area contributed by atoms with Gasteiger partial charge in [0.05, 0.1) is 13.2 Å². The van der Waals surface area contributed by atoms with Crippen LogP contribution in [-0.2, 0) is 4.74 Å². The topological polar surface area (TPSA) is 22.2 Å². The lowest BCUT2D eigenvalue weighted by atomic mass is 9.96. The maximum Gasteiger partial charge on any atom is 0.0594 e. The first-order valence-electron chi connectivity index (χ1n) is 15.9. The molecule has 228 valence electrons. The van der Waals surface area contributed by atoms with E-state index in [2.05, 4.69) is 103 Å². The van der Waals surface area contributed by atoms with Gasteiger partial charge >= 0.3 is 0 Å². The summed E-state index contributed by atoms with van der Waals surface area (Å²) < 4.78 is 5.27. The third kappa shape index (κ3) is 16.2. The Bertz CT molecular complexity index is 586. The van der Waals surface area contributed by atoms with E-state index in [0.717, 1.165) is 26.3 Å². The second-order valence-electron chi connectivity index (χ2n) is 16.0. The minimum Gasteiger partial charge on any atom is -0.379 e. The van der Waals surface area contributed by atoms with Gasteiger partial charge in [0, 0.05) is 36.3 Å². The Morgan fingerprint density at radius 1 is 0.421 bits per heavy atom. The molecule has 0 spiro atoms. The van der Waals surface area contributed by atoms with Crippen LogP contribution in [0, 0.1) is 5.41 Å². The van der Waals surface area contributed by atoms with Gasteiger partial charge in [-0.05, 0) is 139 Å². The molecule has 0 aliphatic carbocycles. The van der Waals surface area contributed by atoms with Gasteiger partial charge in [-0.25, -0.2) is 0 Å². The van der Waals surface area contributed by atoms with Crippen molar-refractivity contribution >= 4 is 0 Å². The van der Waals surface area contributed by atoms with E-state index in [4.69, 9.17) is 4.74 Å². The standard InChI is InChI=1S/C9H19NO.C9H19N.C8H17N.C7H15N/c1-9(2,3)8-10-4-6-11-7-5-10;1-9(2,3)10-7-5-4-6-8-10;1-8(2,3)9-6-4-5-7-9;1-7(2,3)8-5-4-6-8/h4-8H2,1-3H3;4-8H2,1-3H3;4-7H2,1-3H3;4-6H2,1-3H3. The zero-order valence-electron chi connectivity index (χ0n) is 28.2. The molecule has 4 rings (SSSR count). The van der Waals surface area contributed by atoms with Crippen molar-refractivity contribution in [2.24, 2.45) is 5.41 Å². The minimum atomic E-state index is 0.403. The smallest absolute Gasteiger partial charge is 0.0594 e. The van der Waals surface area contributed by atoms with E-state index in [-0.39, 0.29) is 0 Å². The number of hydrogen-bond acceptors (Lipinski definition) is 5. The van der Waals surface area contributed by atoms with E-state index in [1.807, 2.05) is 0 Å². The molecule has 0 bridgehead atoms. The van der Waals surface area contributed by atoms with Crippen LogP contribution < -0.4 is 0 Å². The van der Waals surface area contributed by atoms with Gasteiger partial charge in [-0.15, -0.1) is 0 Å². The molecule has 0 amide bonds. The van der Waals surface area contributed by atoms with Crippen LogP contribution in [0.2, 0.25) is 0 Å². The summed E-state index contributed by atoms with van der Waals surface area (Å²) >= 11 is 0. The van der Waals surface area contributed by atoms with E-state index >= 15 is 0 Å². The maximum atomic E-state index is 5.27. The molecule has 0 saturated carbocycles. The predicted octanol–water partition coefficient (Wildman–Crippen LogP) is 7.01. The van der Waals surface area contributed by atoms with Crippen molar-refractivity contribution < 1.29 is 4.74 Å². The molecule has 38 heavy (non-hydrogen) atoms. The van der Waals surface area contributed by atoms with Crippen LogP contribution in [0.5, 0.6) is 0 Å². The molecular formula is C33H70N4O. The van der Waals surface area contributed by atoms with Gasteiger partial charge in [-0.1, -0.05) is 27.2 Å². The highest BCUT2D eigenvalue weighted by Gasteiger charge is 2.26. The molecule has 5 nitrogen and oxygen atoms in total. The maximum absolute atomic E-state index is 5.27. The van der Waals surface area contributed by atoms with Crippen molar-refractivity contribution in [3.8, 4) is 0 Å². The van der Waals surface area contributed by atoms with Crippen LogP contribution >= 0.6 is 0 Å². The Hall–Kier alpha value is -0.200. The molecule has 4 aliphatic rings. The number of nitrogens with zero attached hydrogens (tertiary/aromatic N) is 4. The molecule has 4 heterocycles. The summed E-state index contributed by atoms with van der Waals surface area (Å²) in [5, 5.41) is 0. The molecule has 0 aromatic heterocycles. The molecule has 0 N–H and O–H groups in total. The molecule has 0 radical (unpaired) electrons. The molecule has 4 fully saturated rings. The van der Waals surface area contributed by atoms with Crippen molar-refractivity contribution in [3.05, 3.63) is 0 Å². The third-order valence-electron chi connectivity index (χ3n) is 7.97. The van der Waals surface area contributed by atoms with Crippen molar-refractivity contribution in [2.45, 2.75) is 138 Å². The average Bonchev–Trinajstić information content (AvgIpc) is 3.28. The van der Waals surface area contributed by atoms with E-state index in [0.29, 0.717) is 22.0 Å². The third-order valence-corrected chi connectivity index (χ3v) is 7.97. The summed E-state index contributed by atoms with van der Waals surface area (Å²) in [6.45, 7) is 40.5. The summed E-state index contributed by atoms with van der Waals surface area (Å²) in [7, 11) is 0. The van der Waals surface area contributed by atoms with Gasteiger partial charge in [0.25, 0.3) is 0 Å². The van der Waals surface area contributed by atoms with Crippen LogP contribution in [0.15, 0.2) is 0 Å². The van der Waals surface area contributed by atoms with Gasteiger partial charge in [0.2, 0.25) is 0 Å². The normalized spacial score (nSPS) is 22.7. The number of rotatable bonds is 1. The zero-order valence-corrected chi connectivity index (χ0v) is 28.2. The highest BCUT2D eigenvalue weighted by Crippen LogP contribution is 2.21. The fraction of sp³-hybridized carbons (Fsp3) is 1.00. The largest absolute Gasteiger partial charge is 0.379 e. The van der Waals surface area contributed by atoms with Gasteiger partial charge in [0.1, 0.15) is 0 Å². The zero-order chi connectivity index (χ0) is 29.0. The summed E-state index contributed by atoms with van der Waals surface area (Å²) in [5.74, 6) is 0. The molecule has 0 aromatic rings. The molecule has 5 heteroatoms. The number of likely N-dealkylation sites (tertiary alicyclic amines) is 3. The highest BCUT2D eigenvalue weighted by atomic mass is 16.5. The highest BCUT2D eigenvalue weighted by molar-refractivity contribution is 4.82. The Balaban J connectivity index is 0.000000255. The van der Waals surface area contributed by atoms with Crippen molar-refractivity contribution in [1.29, 1.82) is 0 Å². The van der Waals surface area contributed by atoms with E-state index in [1.54, 1.807) is 0 Å². The quantitative estimate of drug-likeness (QED) is 0.357. The second kappa shape index (κ2) is 16.3. The average molecular weight is 539 g/mol. The van der Waals surface area contributed by atoms with Crippen molar-refractivity contribution in [3.63, 3.8) is 0 Å². The van der Waals surface area contributed by atoms with Crippen molar-refractivity contribution in [2.75, 3.05) is 72.1 Å². The monoisotopic (exact) mass is 539 g/mol. The summed E-state index contributed by atoms with van der Waals surface area (Å²) in [4.78, 5) is 10.1. The molecular weight excluding hydrogens is 468 g/mol. The molecule has 4 aliphatic heterocycles. The van der Waals surface area contributed by atoms with Crippen LogP contribution in [0.25, 0.3) is 0 Å². The van der Waals surface area contributed by atoms with Crippen molar-refractivity contribution in [1.82, 2.24) is 19.6 Å². The number of hydrogen-bond donors (Lipinski definition) is 0. The van der Waals surface area contributed by atoms with Gasteiger partial charge in [-0.3, -0.25) is 19.6 Å². The number of ether oxygens (including phenoxy) is 1. The Labute approximate surface area is 240 Å². The van der Waals surface area contributed by atoms with Crippen LogP contribution in [0.4, 0.5) is 0 Å². The molecule has 0 unspecified atom stereocenters. The van der Waals surface area contributed by atoms with E-state index in [1.165, 1.54) is 84.3 Å². The fourth-order valence-electron chi connectivity index (χ4n) is 5.37. The van der Waals surface area contributed by atoms with Gasteiger partial charge in [0.15, 0.2) is 0 Å². The van der Waals surface area contributed by atoms with Gasteiger partial charge in [-0.2, -0.15) is 0 Å². The summed E-state index contributed by atoms with van der Waals surface area (Å²) in [5.41, 5.74) is 1.67. The first kappa shape index (κ1) is 35.8. The van der Waals surface area contributed by atoms with E-state index < -0.39 is 0 Å². The molecule has 0 aromatic carbocycles.